The average molecular weight is 431 g/mol. The fourth-order valence-corrected chi connectivity index (χ4v) is 4.23. The summed E-state index contributed by atoms with van der Waals surface area (Å²) in [4.78, 5) is 53.0. The van der Waals surface area contributed by atoms with E-state index in [4.69, 9.17) is 11.6 Å². The number of imide groups is 2. The second-order valence-corrected chi connectivity index (χ2v) is 7.75. The van der Waals surface area contributed by atoms with Gasteiger partial charge in [-0.3, -0.25) is 29.0 Å². The van der Waals surface area contributed by atoms with Crippen molar-refractivity contribution in [1.29, 1.82) is 0 Å². The van der Waals surface area contributed by atoms with Crippen molar-refractivity contribution in [3.8, 4) is 0 Å². The van der Waals surface area contributed by atoms with E-state index in [2.05, 4.69) is 0 Å². The van der Waals surface area contributed by atoms with Crippen LogP contribution >= 0.6 is 11.6 Å². The van der Waals surface area contributed by atoms with E-state index in [1.807, 2.05) is 0 Å². The van der Waals surface area contributed by atoms with E-state index < -0.39 is 0 Å². The molecule has 5 rings (SSSR count). The second kappa shape index (κ2) is 7.18. The monoisotopic (exact) mass is 430 g/mol. The molecule has 0 atom stereocenters. The first-order valence-corrected chi connectivity index (χ1v) is 10.0. The van der Waals surface area contributed by atoms with Gasteiger partial charge in [0.05, 0.1) is 40.4 Å². The maximum absolute atomic E-state index is 12.7. The molecule has 3 aromatic rings. The molecule has 0 saturated heterocycles. The van der Waals surface area contributed by atoms with Gasteiger partial charge in [-0.25, -0.2) is 0 Å². The molecule has 2 heterocycles. The van der Waals surface area contributed by atoms with Crippen molar-refractivity contribution >= 4 is 35.2 Å². The Morgan fingerprint density at radius 2 is 0.839 bits per heavy atom. The first kappa shape index (κ1) is 19.2. The Morgan fingerprint density at radius 1 is 0.516 bits per heavy atom. The van der Waals surface area contributed by atoms with Gasteiger partial charge in [-0.2, -0.15) is 0 Å². The molecule has 0 radical (unpaired) electrons. The van der Waals surface area contributed by atoms with Crippen molar-refractivity contribution in [3.05, 3.63) is 105 Å². The number of carbonyl (C=O) groups excluding carboxylic acids is 4. The zero-order valence-electron chi connectivity index (χ0n) is 16.2. The van der Waals surface area contributed by atoms with Crippen LogP contribution in [0.2, 0.25) is 5.02 Å². The largest absolute Gasteiger partial charge is 0.270 e. The number of fused-ring (bicyclic) bond motifs is 2. The smallest absolute Gasteiger partial charge is 0.261 e. The van der Waals surface area contributed by atoms with Gasteiger partial charge in [-0.1, -0.05) is 54.1 Å². The van der Waals surface area contributed by atoms with Crippen LogP contribution < -0.4 is 0 Å². The second-order valence-electron chi connectivity index (χ2n) is 7.37. The van der Waals surface area contributed by atoms with Crippen LogP contribution in [0.15, 0.2) is 66.7 Å². The van der Waals surface area contributed by atoms with E-state index in [1.54, 1.807) is 66.7 Å². The molecule has 152 valence electrons. The molecule has 0 fully saturated rings. The highest BCUT2D eigenvalue weighted by atomic mass is 35.5. The minimum atomic E-state index is -0.373. The predicted molar refractivity (Wildman–Crippen MR) is 113 cm³/mol. The normalized spacial score (nSPS) is 15.0. The predicted octanol–water partition coefficient (Wildman–Crippen LogP) is 3.93. The maximum atomic E-state index is 12.7. The molecule has 0 N–H and O–H groups in total. The van der Waals surface area contributed by atoms with Crippen LogP contribution in [0.3, 0.4) is 0 Å². The van der Waals surface area contributed by atoms with E-state index in [0.29, 0.717) is 38.4 Å². The third kappa shape index (κ3) is 2.95. The van der Waals surface area contributed by atoms with Crippen molar-refractivity contribution < 1.29 is 19.2 Å². The summed E-state index contributed by atoms with van der Waals surface area (Å²) in [5, 5.41) is 0.315. The fourth-order valence-electron chi connectivity index (χ4n) is 3.98. The van der Waals surface area contributed by atoms with Crippen LogP contribution in [0.1, 0.15) is 52.6 Å². The zero-order valence-corrected chi connectivity index (χ0v) is 16.9. The first-order valence-electron chi connectivity index (χ1n) is 9.64. The van der Waals surface area contributed by atoms with E-state index in [1.165, 1.54) is 0 Å². The van der Waals surface area contributed by atoms with Gasteiger partial charge in [0, 0.05) is 0 Å². The van der Waals surface area contributed by atoms with E-state index >= 15 is 0 Å². The summed E-state index contributed by atoms with van der Waals surface area (Å²) in [6.45, 7) is 0.00226. The van der Waals surface area contributed by atoms with E-state index in [9.17, 15) is 19.2 Å². The van der Waals surface area contributed by atoms with Crippen molar-refractivity contribution in [2.45, 2.75) is 13.1 Å². The van der Waals surface area contributed by atoms with Crippen LogP contribution in [-0.4, -0.2) is 33.4 Å². The lowest BCUT2D eigenvalue weighted by atomic mass is 10.1. The minimum Gasteiger partial charge on any atom is -0.270 e. The third-order valence-corrected chi connectivity index (χ3v) is 6.06. The van der Waals surface area contributed by atoms with Crippen LogP contribution in [0.5, 0.6) is 0 Å². The number of carbonyl (C=O) groups is 4. The van der Waals surface area contributed by atoms with Gasteiger partial charge in [0.2, 0.25) is 0 Å². The molecule has 31 heavy (non-hydrogen) atoms. The molecule has 0 unspecified atom stereocenters. The number of halogens is 1. The van der Waals surface area contributed by atoms with Crippen molar-refractivity contribution in [2.24, 2.45) is 0 Å². The molecule has 2 aliphatic rings. The number of nitrogens with zero attached hydrogens (tertiary/aromatic N) is 2. The molecule has 0 bridgehead atoms. The van der Waals surface area contributed by atoms with Gasteiger partial charge in [0.15, 0.2) is 0 Å². The van der Waals surface area contributed by atoms with E-state index in [0.717, 1.165) is 9.80 Å². The molecule has 6 nitrogen and oxygen atoms in total. The summed E-state index contributed by atoms with van der Waals surface area (Å²) < 4.78 is 0. The summed E-state index contributed by atoms with van der Waals surface area (Å²) in [5.41, 5.74) is 2.59. The van der Waals surface area contributed by atoms with Crippen LogP contribution in [-0.2, 0) is 13.1 Å². The molecule has 0 aliphatic carbocycles. The molecule has 2 aliphatic heterocycles. The molecular weight excluding hydrogens is 416 g/mol. The van der Waals surface area contributed by atoms with Crippen LogP contribution in [0.25, 0.3) is 0 Å². The Kier molecular flexibility index (Phi) is 4.45. The highest BCUT2D eigenvalue weighted by Gasteiger charge is 2.37. The van der Waals surface area contributed by atoms with Crippen molar-refractivity contribution in [2.75, 3.05) is 0 Å². The summed E-state index contributed by atoms with van der Waals surface area (Å²) in [6, 6.07) is 18.5. The SMILES string of the molecule is O=C1c2ccccc2C(=O)N1Cc1cccc(CN2C(=O)c3ccccc3C2=O)c1Cl. The van der Waals surface area contributed by atoms with Gasteiger partial charge in [0.1, 0.15) is 0 Å². The van der Waals surface area contributed by atoms with Crippen molar-refractivity contribution in [3.63, 3.8) is 0 Å². The highest BCUT2D eigenvalue weighted by Crippen LogP contribution is 2.30. The molecule has 0 spiro atoms. The van der Waals surface area contributed by atoms with Gasteiger partial charge >= 0.3 is 0 Å². The van der Waals surface area contributed by atoms with E-state index in [-0.39, 0.29) is 36.7 Å². The third-order valence-electron chi connectivity index (χ3n) is 5.57. The number of benzene rings is 3. The average Bonchev–Trinajstić information content (AvgIpc) is 3.17. The Bertz CT molecular complexity index is 1130. The summed E-state index contributed by atoms with van der Waals surface area (Å²) in [6.07, 6.45) is 0. The lowest BCUT2D eigenvalue weighted by Crippen LogP contribution is -2.30. The van der Waals surface area contributed by atoms with Gasteiger partial charge in [-0.05, 0) is 35.4 Å². The first-order chi connectivity index (χ1) is 15.0. The molecule has 4 amide bonds. The maximum Gasteiger partial charge on any atom is 0.261 e. The van der Waals surface area contributed by atoms with Gasteiger partial charge < -0.3 is 0 Å². The summed E-state index contributed by atoms with van der Waals surface area (Å²) in [7, 11) is 0. The van der Waals surface area contributed by atoms with Gasteiger partial charge in [0.25, 0.3) is 23.6 Å². The number of hydrogen-bond acceptors (Lipinski definition) is 4. The Labute approximate surface area is 182 Å². The topological polar surface area (TPSA) is 74.8 Å². The molecular formula is C24H15ClN2O4. The highest BCUT2D eigenvalue weighted by molar-refractivity contribution is 6.32. The number of amides is 4. The number of hydrogen-bond donors (Lipinski definition) is 0. The lowest BCUT2D eigenvalue weighted by molar-refractivity contribution is 0.0630. The fraction of sp³-hybridized carbons (Fsp3) is 0.0833. The lowest BCUT2D eigenvalue weighted by Gasteiger charge is -2.19. The molecule has 0 aromatic heterocycles. The number of rotatable bonds is 4. The molecule has 3 aromatic carbocycles. The molecule has 7 heteroatoms. The van der Waals surface area contributed by atoms with Crippen molar-refractivity contribution in [1.82, 2.24) is 9.80 Å². The standard InChI is InChI=1S/C24H15ClN2O4/c25-20-14(12-26-21(28)16-8-1-2-9-17(16)22(26)29)6-5-7-15(20)13-27-23(30)18-10-3-4-11-19(18)24(27)31/h1-11H,12-13H2. The van der Waals surface area contributed by atoms with Gasteiger partial charge in [-0.15, -0.1) is 0 Å². The zero-order chi connectivity index (χ0) is 21.7. The van der Waals surface area contributed by atoms with Crippen LogP contribution in [0.4, 0.5) is 0 Å². The Morgan fingerprint density at radius 3 is 1.16 bits per heavy atom. The summed E-state index contributed by atoms with van der Waals surface area (Å²) in [5.74, 6) is -1.49. The molecule has 0 saturated carbocycles. The Hall–Kier alpha value is -3.77. The van der Waals surface area contributed by atoms with Crippen LogP contribution in [0, 0.1) is 0 Å². The quantitative estimate of drug-likeness (QED) is 0.588. The summed E-state index contributed by atoms with van der Waals surface area (Å²) >= 11 is 6.58. The minimum absolute atomic E-state index is 0.00113. The Balaban J connectivity index is 1.41.